The van der Waals surface area contributed by atoms with Crippen LogP contribution in [-0.2, 0) is 9.47 Å². The van der Waals surface area contributed by atoms with Crippen LogP contribution in [0.3, 0.4) is 0 Å². The quantitative estimate of drug-likeness (QED) is 0.618. The normalized spacial score (nSPS) is 36.0. The zero-order chi connectivity index (χ0) is 15.8. The molecule has 0 spiro atoms. The number of hydrogen-bond acceptors (Lipinski definition) is 3. The van der Waals surface area contributed by atoms with Crippen molar-refractivity contribution in [1.82, 2.24) is 0 Å². The average molecular weight is 307 g/mol. The molecule has 2 aliphatic rings. The zero-order valence-electron chi connectivity index (χ0n) is 14.5. The molecule has 0 aromatic heterocycles. The molecule has 1 saturated heterocycles. The van der Waals surface area contributed by atoms with Crippen molar-refractivity contribution in [2.45, 2.75) is 84.3 Å². The van der Waals surface area contributed by atoms with E-state index >= 15 is 0 Å². The van der Waals surface area contributed by atoms with Crippen molar-refractivity contribution >= 4 is 0 Å². The van der Waals surface area contributed by atoms with Crippen LogP contribution in [0.25, 0.3) is 0 Å². The first-order chi connectivity index (χ1) is 10.7. The number of unbranched alkanes of at least 4 members (excludes halogenated alkanes) is 2. The Morgan fingerprint density at radius 2 is 1.64 bits per heavy atom. The summed E-state index contributed by atoms with van der Waals surface area (Å²) in [5.74, 6) is 1.33. The van der Waals surface area contributed by atoms with Gasteiger partial charge in [-0.2, -0.15) is 5.26 Å². The smallest absolute Gasteiger partial charge is 0.176 e. The monoisotopic (exact) mass is 307 g/mol. The van der Waals surface area contributed by atoms with Gasteiger partial charge in [0.25, 0.3) is 0 Å². The van der Waals surface area contributed by atoms with E-state index in [-0.39, 0.29) is 6.29 Å². The Morgan fingerprint density at radius 1 is 0.955 bits per heavy atom. The van der Waals surface area contributed by atoms with E-state index in [2.05, 4.69) is 19.9 Å². The van der Waals surface area contributed by atoms with E-state index in [1.54, 1.807) is 0 Å². The standard InChI is InChI=1S/C19H33NO2/c1-3-5-6-8-17-13-21-18(22-14-17)19(15-20)11-9-16(7-4-2)10-12-19/h16-18H,3-14H2,1-2H3/t16-,17?,18?,19-. The second-order valence-corrected chi connectivity index (χ2v) is 7.36. The van der Waals surface area contributed by atoms with Crippen molar-refractivity contribution in [1.29, 1.82) is 5.26 Å². The highest BCUT2D eigenvalue weighted by molar-refractivity contribution is 5.04. The Kier molecular flexibility index (Phi) is 7.18. The van der Waals surface area contributed by atoms with Crippen LogP contribution in [0.2, 0.25) is 0 Å². The molecule has 0 unspecified atom stereocenters. The molecule has 0 N–H and O–H groups in total. The maximum atomic E-state index is 9.74. The van der Waals surface area contributed by atoms with Gasteiger partial charge in [-0.1, -0.05) is 46.0 Å². The van der Waals surface area contributed by atoms with Crippen molar-refractivity contribution in [3.8, 4) is 6.07 Å². The minimum atomic E-state index is -0.390. The molecule has 0 aromatic rings. The molecule has 3 nitrogen and oxygen atoms in total. The summed E-state index contributed by atoms with van der Waals surface area (Å²) in [4.78, 5) is 0. The lowest BCUT2D eigenvalue weighted by molar-refractivity contribution is -0.247. The van der Waals surface area contributed by atoms with E-state index in [0.29, 0.717) is 5.92 Å². The molecule has 0 radical (unpaired) electrons. The summed E-state index contributed by atoms with van der Waals surface area (Å²) in [6.45, 7) is 6.03. The third kappa shape index (κ3) is 4.46. The summed E-state index contributed by atoms with van der Waals surface area (Å²) < 4.78 is 12.0. The van der Waals surface area contributed by atoms with E-state index in [0.717, 1.165) is 44.8 Å². The molecule has 126 valence electrons. The summed E-state index contributed by atoms with van der Waals surface area (Å²) in [7, 11) is 0. The Morgan fingerprint density at radius 3 is 2.18 bits per heavy atom. The maximum absolute atomic E-state index is 9.74. The molecule has 22 heavy (non-hydrogen) atoms. The third-order valence-corrected chi connectivity index (χ3v) is 5.55. The van der Waals surface area contributed by atoms with Crippen molar-refractivity contribution < 1.29 is 9.47 Å². The van der Waals surface area contributed by atoms with E-state index < -0.39 is 5.41 Å². The maximum Gasteiger partial charge on any atom is 0.176 e. The second-order valence-electron chi connectivity index (χ2n) is 7.36. The van der Waals surface area contributed by atoms with Crippen LogP contribution in [-0.4, -0.2) is 19.5 Å². The summed E-state index contributed by atoms with van der Waals surface area (Å²) in [6, 6.07) is 2.57. The fourth-order valence-electron chi connectivity index (χ4n) is 4.00. The fraction of sp³-hybridized carbons (Fsp3) is 0.947. The van der Waals surface area contributed by atoms with Gasteiger partial charge >= 0.3 is 0 Å². The van der Waals surface area contributed by atoms with Crippen LogP contribution >= 0.6 is 0 Å². The molecule has 0 amide bonds. The second kappa shape index (κ2) is 8.89. The molecule has 2 rings (SSSR count). The van der Waals surface area contributed by atoms with Crippen LogP contribution in [0, 0.1) is 28.6 Å². The van der Waals surface area contributed by atoms with Crippen molar-refractivity contribution in [3.05, 3.63) is 0 Å². The zero-order valence-corrected chi connectivity index (χ0v) is 14.5. The molecular weight excluding hydrogens is 274 g/mol. The Hall–Kier alpha value is -0.590. The predicted molar refractivity (Wildman–Crippen MR) is 88.2 cm³/mol. The third-order valence-electron chi connectivity index (χ3n) is 5.55. The van der Waals surface area contributed by atoms with Crippen molar-refractivity contribution in [2.24, 2.45) is 17.3 Å². The molecule has 0 atom stereocenters. The lowest BCUT2D eigenvalue weighted by atomic mass is 9.69. The average Bonchev–Trinajstić information content (AvgIpc) is 2.57. The Bertz CT molecular complexity index is 347. The summed E-state index contributed by atoms with van der Waals surface area (Å²) in [6.07, 6.45) is 11.5. The van der Waals surface area contributed by atoms with Gasteiger partial charge in [0.15, 0.2) is 6.29 Å². The summed E-state index contributed by atoms with van der Waals surface area (Å²) in [5, 5.41) is 9.74. The largest absolute Gasteiger partial charge is 0.351 e. The van der Waals surface area contributed by atoms with Gasteiger partial charge in [0.1, 0.15) is 5.41 Å². The van der Waals surface area contributed by atoms with Crippen LogP contribution in [0.15, 0.2) is 0 Å². The van der Waals surface area contributed by atoms with E-state index in [9.17, 15) is 5.26 Å². The van der Waals surface area contributed by atoms with Gasteiger partial charge in [0.2, 0.25) is 0 Å². The van der Waals surface area contributed by atoms with Gasteiger partial charge in [-0.25, -0.2) is 0 Å². The van der Waals surface area contributed by atoms with Crippen LogP contribution in [0.1, 0.15) is 78.1 Å². The first-order valence-corrected chi connectivity index (χ1v) is 9.38. The molecule has 1 heterocycles. The Labute approximate surface area is 136 Å². The lowest BCUT2D eigenvalue weighted by Crippen LogP contribution is -2.45. The molecule has 1 saturated carbocycles. The predicted octanol–water partition coefficient (Wildman–Crippen LogP) is 5.06. The lowest BCUT2D eigenvalue weighted by Gasteiger charge is -2.42. The Balaban J connectivity index is 1.80. The first kappa shape index (κ1) is 17.8. The molecule has 1 aliphatic heterocycles. The topological polar surface area (TPSA) is 42.2 Å². The van der Waals surface area contributed by atoms with E-state index in [1.807, 2.05) is 0 Å². The number of rotatable bonds is 7. The van der Waals surface area contributed by atoms with E-state index in [4.69, 9.17) is 9.47 Å². The molecule has 1 aliphatic carbocycles. The van der Waals surface area contributed by atoms with Gasteiger partial charge in [-0.3, -0.25) is 0 Å². The first-order valence-electron chi connectivity index (χ1n) is 9.38. The van der Waals surface area contributed by atoms with Gasteiger partial charge in [-0.15, -0.1) is 0 Å². The molecule has 0 aromatic carbocycles. The van der Waals surface area contributed by atoms with Gasteiger partial charge in [-0.05, 0) is 38.0 Å². The minimum absolute atomic E-state index is 0.289. The molecular formula is C19H33NO2. The van der Waals surface area contributed by atoms with Gasteiger partial charge < -0.3 is 9.47 Å². The molecule has 2 fully saturated rings. The van der Waals surface area contributed by atoms with Crippen LogP contribution in [0.5, 0.6) is 0 Å². The number of nitriles is 1. The fourth-order valence-corrected chi connectivity index (χ4v) is 4.00. The van der Waals surface area contributed by atoms with Crippen molar-refractivity contribution in [2.75, 3.05) is 13.2 Å². The summed E-state index contributed by atoms with van der Waals surface area (Å²) >= 11 is 0. The number of hydrogen-bond donors (Lipinski definition) is 0. The highest BCUT2D eigenvalue weighted by Gasteiger charge is 2.45. The van der Waals surface area contributed by atoms with Gasteiger partial charge in [0, 0.05) is 5.92 Å². The van der Waals surface area contributed by atoms with Gasteiger partial charge in [0.05, 0.1) is 19.3 Å². The molecule has 3 heteroatoms. The summed E-state index contributed by atoms with van der Waals surface area (Å²) in [5.41, 5.74) is -0.390. The minimum Gasteiger partial charge on any atom is -0.351 e. The SMILES string of the molecule is CCCCCC1COC([C@]2(C#N)CC[C@@H](CCC)CC2)OC1. The van der Waals surface area contributed by atoms with Crippen molar-refractivity contribution in [3.63, 3.8) is 0 Å². The number of ether oxygens (including phenoxy) is 2. The highest BCUT2D eigenvalue weighted by atomic mass is 16.7. The van der Waals surface area contributed by atoms with Crippen LogP contribution < -0.4 is 0 Å². The number of nitrogens with zero attached hydrogens (tertiary/aromatic N) is 1. The molecule has 0 bridgehead atoms. The van der Waals surface area contributed by atoms with E-state index in [1.165, 1.54) is 38.5 Å². The van der Waals surface area contributed by atoms with Crippen LogP contribution in [0.4, 0.5) is 0 Å². The highest BCUT2D eigenvalue weighted by Crippen LogP contribution is 2.45.